The Morgan fingerprint density at radius 1 is 1.38 bits per heavy atom. The van der Waals surface area contributed by atoms with Gasteiger partial charge in [-0.25, -0.2) is 0 Å². The molecular formula is C8H16N3O2-. The summed E-state index contributed by atoms with van der Waals surface area (Å²) in [6, 6.07) is 0. The van der Waals surface area contributed by atoms with Crippen LogP contribution in [-0.4, -0.2) is 10.5 Å². The third-order valence-corrected chi connectivity index (χ3v) is 2.89. The summed E-state index contributed by atoms with van der Waals surface area (Å²) in [4.78, 5) is 0.0504. The van der Waals surface area contributed by atoms with Gasteiger partial charge in [0, 0.05) is 4.97 Å². The Hall–Kier alpha value is -1.00. The lowest BCUT2D eigenvalue weighted by Gasteiger charge is -2.34. The lowest BCUT2D eigenvalue weighted by molar-refractivity contribution is -0.601. The van der Waals surface area contributed by atoms with Gasteiger partial charge in [0.1, 0.15) is 0 Å². The Labute approximate surface area is 78.0 Å². The molecule has 0 aromatic carbocycles. The SMILES string of the molecule is CCC1(N/[N+]([O-])=N\[O-])CCCCC1. The third-order valence-electron chi connectivity index (χ3n) is 2.89. The van der Waals surface area contributed by atoms with Crippen molar-refractivity contribution in [3.05, 3.63) is 10.4 Å². The van der Waals surface area contributed by atoms with Crippen LogP contribution < -0.4 is 5.43 Å². The summed E-state index contributed by atoms with van der Waals surface area (Å²) in [7, 11) is 0. The minimum atomic E-state index is -0.187. The highest BCUT2D eigenvalue weighted by Gasteiger charge is 2.33. The lowest BCUT2D eigenvalue weighted by atomic mass is 9.80. The molecule has 1 aliphatic rings. The minimum Gasteiger partial charge on any atom is -0.737 e. The average molecular weight is 186 g/mol. The molecule has 1 rings (SSSR count). The second-order valence-electron chi connectivity index (χ2n) is 3.66. The second kappa shape index (κ2) is 4.30. The first kappa shape index (κ1) is 10.1. The first-order chi connectivity index (χ1) is 6.22. The standard InChI is InChI=1S/C8H17N3O2/c1-2-8(9-11(13)10-12)6-4-3-5-7-8/h12H,2-7H2,1H3,(H,9,10)/p-1. The van der Waals surface area contributed by atoms with Crippen LogP contribution in [0.15, 0.2) is 5.28 Å². The van der Waals surface area contributed by atoms with E-state index < -0.39 is 0 Å². The molecule has 1 fully saturated rings. The molecule has 0 heterocycles. The van der Waals surface area contributed by atoms with Gasteiger partial charge in [-0.2, -0.15) is 5.43 Å². The summed E-state index contributed by atoms with van der Waals surface area (Å²) < 4.78 is 0. The molecular weight excluding hydrogens is 170 g/mol. The topological polar surface area (TPSA) is 73.5 Å². The van der Waals surface area contributed by atoms with Crippen molar-refractivity contribution in [2.45, 2.75) is 51.0 Å². The maximum atomic E-state index is 10.8. The largest absolute Gasteiger partial charge is 0.737 e. The Morgan fingerprint density at radius 3 is 2.46 bits per heavy atom. The predicted octanol–water partition coefficient (Wildman–Crippen LogP) is 2.06. The number of nitrogens with zero attached hydrogens (tertiary/aromatic N) is 2. The third kappa shape index (κ3) is 2.47. The molecule has 0 atom stereocenters. The highest BCUT2D eigenvalue weighted by atomic mass is 16.6. The van der Waals surface area contributed by atoms with Crippen LogP contribution in [-0.2, 0) is 0 Å². The molecule has 0 saturated heterocycles. The highest BCUT2D eigenvalue weighted by molar-refractivity contribution is 4.86. The number of hydrazine groups is 1. The van der Waals surface area contributed by atoms with Crippen LogP contribution in [0.5, 0.6) is 0 Å². The Morgan fingerprint density at radius 2 is 2.00 bits per heavy atom. The van der Waals surface area contributed by atoms with Gasteiger partial charge in [-0.1, -0.05) is 26.2 Å². The summed E-state index contributed by atoms with van der Waals surface area (Å²) in [6.07, 6.45) is 6.23. The Bertz CT molecular complexity index is 188. The quantitative estimate of drug-likeness (QED) is 0.416. The normalized spacial score (nSPS) is 22.7. The van der Waals surface area contributed by atoms with Crippen LogP contribution in [0.1, 0.15) is 45.4 Å². The molecule has 0 aromatic heterocycles. The molecule has 76 valence electrons. The van der Waals surface area contributed by atoms with Crippen molar-refractivity contribution in [2.24, 2.45) is 5.28 Å². The average Bonchev–Trinajstić information content (AvgIpc) is 2.19. The van der Waals surface area contributed by atoms with Gasteiger partial charge in [0.05, 0.1) is 5.54 Å². The molecule has 0 unspecified atom stereocenters. The lowest BCUT2D eigenvalue weighted by Crippen LogP contribution is -2.49. The Kier molecular flexibility index (Phi) is 3.33. The maximum absolute atomic E-state index is 10.8. The monoisotopic (exact) mass is 186 g/mol. The molecule has 0 aliphatic heterocycles. The van der Waals surface area contributed by atoms with E-state index in [2.05, 4.69) is 10.7 Å². The molecule has 0 aromatic rings. The molecule has 1 aliphatic carbocycles. The van der Waals surface area contributed by atoms with E-state index in [4.69, 9.17) is 0 Å². The summed E-state index contributed by atoms with van der Waals surface area (Å²) in [5.41, 5.74) is 2.44. The van der Waals surface area contributed by atoms with Gasteiger partial charge in [-0.05, 0) is 24.5 Å². The summed E-state index contributed by atoms with van der Waals surface area (Å²) in [5.74, 6) is 0. The zero-order valence-electron chi connectivity index (χ0n) is 7.95. The van der Waals surface area contributed by atoms with Crippen LogP contribution in [0.25, 0.3) is 0 Å². The highest BCUT2D eigenvalue weighted by Crippen LogP contribution is 2.30. The van der Waals surface area contributed by atoms with E-state index in [1.165, 1.54) is 6.42 Å². The summed E-state index contributed by atoms with van der Waals surface area (Å²) >= 11 is 0. The predicted molar refractivity (Wildman–Crippen MR) is 48.7 cm³/mol. The van der Waals surface area contributed by atoms with Crippen LogP contribution >= 0.6 is 0 Å². The molecule has 0 amide bonds. The smallest absolute Gasteiger partial charge is 0.0951 e. The van der Waals surface area contributed by atoms with E-state index >= 15 is 0 Å². The van der Waals surface area contributed by atoms with Gasteiger partial charge in [-0.15, -0.1) is 0 Å². The zero-order chi connectivity index (χ0) is 9.73. The second-order valence-corrected chi connectivity index (χ2v) is 3.66. The molecule has 0 radical (unpaired) electrons. The van der Waals surface area contributed by atoms with Crippen molar-refractivity contribution < 1.29 is 4.97 Å². The molecule has 1 N–H and O–H groups in total. The fourth-order valence-electron chi connectivity index (χ4n) is 2.00. The zero-order valence-corrected chi connectivity index (χ0v) is 7.95. The molecule has 0 spiro atoms. The summed E-state index contributed by atoms with van der Waals surface area (Å²) in [6.45, 7) is 2.02. The van der Waals surface area contributed by atoms with E-state index in [1.54, 1.807) is 0 Å². The molecule has 0 bridgehead atoms. The summed E-state index contributed by atoms with van der Waals surface area (Å²) in [5, 5.41) is 23.0. The van der Waals surface area contributed by atoms with Crippen molar-refractivity contribution in [3.63, 3.8) is 0 Å². The van der Waals surface area contributed by atoms with Crippen LogP contribution in [0.4, 0.5) is 0 Å². The van der Waals surface area contributed by atoms with Crippen molar-refractivity contribution in [2.75, 3.05) is 0 Å². The van der Waals surface area contributed by atoms with E-state index in [9.17, 15) is 10.4 Å². The van der Waals surface area contributed by atoms with E-state index in [1.807, 2.05) is 6.92 Å². The van der Waals surface area contributed by atoms with Gasteiger partial charge in [0.25, 0.3) is 0 Å². The van der Waals surface area contributed by atoms with E-state index in [0.717, 1.165) is 32.1 Å². The first-order valence-electron chi connectivity index (χ1n) is 4.81. The molecule has 5 heteroatoms. The first-order valence-corrected chi connectivity index (χ1v) is 4.81. The van der Waals surface area contributed by atoms with Gasteiger partial charge in [0.2, 0.25) is 0 Å². The van der Waals surface area contributed by atoms with Gasteiger partial charge < -0.3 is 10.4 Å². The number of rotatable bonds is 3. The van der Waals surface area contributed by atoms with Crippen molar-refractivity contribution in [3.8, 4) is 0 Å². The van der Waals surface area contributed by atoms with Gasteiger partial charge in [0.15, 0.2) is 0 Å². The molecule has 5 nitrogen and oxygen atoms in total. The van der Waals surface area contributed by atoms with Crippen LogP contribution in [0, 0.1) is 10.4 Å². The minimum absolute atomic E-state index is 0.0504. The van der Waals surface area contributed by atoms with Crippen molar-refractivity contribution in [1.82, 2.24) is 5.43 Å². The fourth-order valence-corrected chi connectivity index (χ4v) is 2.00. The molecule has 13 heavy (non-hydrogen) atoms. The van der Waals surface area contributed by atoms with Gasteiger partial charge in [-0.3, -0.25) is 0 Å². The van der Waals surface area contributed by atoms with Crippen LogP contribution in [0.2, 0.25) is 0 Å². The Balaban J connectivity index is 2.57. The van der Waals surface area contributed by atoms with Crippen molar-refractivity contribution in [1.29, 1.82) is 0 Å². The van der Waals surface area contributed by atoms with Crippen LogP contribution in [0.3, 0.4) is 0 Å². The fraction of sp³-hybridized carbons (Fsp3) is 1.00. The molecule has 1 saturated carbocycles. The van der Waals surface area contributed by atoms with E-state index in [-0.39, 0.29) is 10.5 Å². The van der Waals surface area contributed by atoms with Gasteiger partial charge >= 0.3 is 0 Å². The maximum Gasteiger partial charge on any atom is 0.0951 e. The number of nitrogens with one attached hydrogen (secondary N) is 1. The number of hydrogen-bond donors (Lipinski definition) is 1. The van der Waals surface area contributed by atoms with E-state index in [0.29, 0.717) is 0 Å². The number of hydrogen-bond acceptors (Lipinski definition) is 3. The van der Waals surface area contributed by atoms with Crippen molar-refractivity contribution >= 4 is 0 Å².